The summed E-state index contributed by atoms with van der Waals surface area (Å²) in [4.78, 5) is 9.02. The van der Waals surface area contributed by atoms with Gasteiger partial charge in [-0.3, -0.25) is 9.98 Å². The van der Waals surface area contributed by atoms with Crippen molar-refractivity contribution in [3.8, 4) is 11.3 Å². The highest BCUT2D eigenvalue weighted by Crippen LogP contribution is 2.37. The number of nitrogens with zero attached hydrogens (tertiary/aromatic N) is 2. The van der Waals surface area contributed by atoms with E-state index in [1.54, 1.807) is 12.3 Å². The Kier molecular flexibility index (Phi) is 3.68. The summed E-state index contributed by atoms with van der Waals surface area (Å²) in [5, 5.41) is 0. The molecule has 0 saturated carbocycles. The van der Waals surface area contributed by atoms with Gasteiger partial charge in [-0.2, -0.15) is 0 Å². The number of allylic oxidation sites excluding steroid dienone is 2. The second-order valence-corrected chi connectivity index (χ2v) is 6.37. The molecule has 4 rings (SSSR count). The summed E-state index contributed by atoms with van der Waals surface area (Å²) in [5.41, 5.74) is 6.23. The molecule has 4 heteroatoms. The van der Waals surface area contributed by atoms with Crippen LogP contribution in [0.4, 0.5) is 8.78 Å². The van der Waals surface area contributed by atoms with Gasteiger partial charge in [0.2, 0.25) is 0 Å². The molecule has 1 unspecified atom stereocenters. The fourth-order valence-corrected chi connectivity index (χ4v) is 3.38. The van der Waals surface area contributed by atoms with Crippen LogP contribution in [0.3, 0.4) is 0 Å². The highest BCUT2D eigenvalue weighted by Gasteiger charge is 2.27. The Hall–Kier alpha value is -2.88. The van der Waals surface area contributed by atoms with Gasteiger partial charge in [-0.25, -0.2) is 8.78 Å². The summed E-state index contributed by atoms with van der Waals surface area (Å²) in [6.07, 6.45) is 6.59. The van der Waals surface area contributed by atoms with Gasteiger partial charge < -0.3 is 0 Å². The Morgan fingerprint density at radius 3 is 2.76 bits per heavy atom. The molecule has 0 radical (unpaired) electrons. The normalized spacial score (nSPS) is 19.2. The van der Waals surface area contributed by atoms with Crippen LogP contribution in [0.25, 0.3) is 16.8 Å². The van der Waals surface area contributed by atoms with Crippen molar-refractivity contribution in [3.63, 3.8) is 0 Å². The summed E-state index contributed by atoms with van der Waals surface area (Å²) < 4.78 is 26.9. The average molecular weight is 334 g/mol. The Balaban J connectivity index is 1.81. The van der Waals surface area contributed by atoms with Crippen LogP contribution >= 0.6 is 0 Å². The molecule has 0 amide bonds. The van der Waals surface area contributed by atoms with Crippen LogP contribution in [0.1, 0.15) is 18.9 Å². The maximum atomic E-state index is 13.7. The van der Waals surface area contributed by atoms with Gasteiger partial charge in [0.15, 0.2) is 11.6 Å². The average Bonchev–Trinajstić information content (AvgIpc) is 2.98. The summed E-state index contributed by atoms with van der Waals surface area (Å²) in [7, 11) is 0. The molecule has 1 aromatic carbocycles. The molecule has 124 valence electrons. The molecule has 0 bridgehead atoms. The number of aromatic nitrogens is 1. The summed E-state index contributed by atoms with van der Waals surface area (Å²) in [6, 6.07) is 7.65. The first-order valence-corrected chi connectivity index (χ1v) is 8.08. The van der Waals surface area contributed by atoms with Crippen molar-refractivity contribution in [2.24, 2.45) is 4.99 Å². The predicted molar refractivity (Wildman–Crippen MR) is 96.3 cm³/mol. The van der Waals surface area contributed by atoms with Gasteiger partial charge in [0.25, 0.3) is 0 Å². The minimum absolute atomic E-state index is 0.0344. The summed E-state index contributed by atoms with van der Waals surface area (Å²) in [5.74, 6) is -1.75. The molecule has 0 fully saturated rings. The van der Waals surface area contributed by atoms with Crippen molar-refractivity contribution in [1.82, 2.24) is 4.98 Å². The lowest BCUT2D eigenvalue weighted by atomic mass is 9.87. The lowest BCUT2D eigenvalue weighted by molar-refractivity contribution is 0.509. The molecule has 2 aliphatic rings. The number of benzene rings is 1. The van der Waals surface area contributed by atoms with E-state index in [0.717, 1.165) is 34.9 Å². The van der Waals surface area contributed by atoms with Crippen LogP contribution in [0, 0.1) is 11.6 Å². The van der Waals surface area contributed by atoms with Crippen molar-refractivity contribution in [2.75, 3.05) is 0 Å². The molecular weight excluding hydrogens is 318 g/mol. The van der Waals surface area contributed by atoms with Gasteiger partial charge in [-0.05, 0) is 54.0 Å². The fraction of sp³-hybridized carbons (Fsp3) is 0.143. The zero-order valence-electron chi connectivity index (χ0n) is 13.8. The molecule has 1 atom stereocenters. The number of halogens is 2. The number of aliphatic imine (C=N–C) groups is 1. The van der Waals surface area contributed by atoms with Crippen molar-refractivity contribution in [1.29, 1.82) is 0 Å². The van der Waals surface area contributed by atoms with Crippen LogP contribution in [-0.2, 0) is 0 Å². The third-order valence-corrected chi connectivity index (χ3v) is 4.51. The van der Waals surface area contributed by atoms with E-state index >= 15 is 0 Å². The van der Waals surface area contributed by atoms with Crippen LogP contribution in [0.2, 0.25) is 0 Å². The van der Waals surface area contributed by atoms with Gasteiger partial charge in [0, 0.05) is 29.5 Å². The zero-order chi connectivity index (χ0) is 17.6. The van der Waals surface area contributed by atoms with Crippen molar-refractivity contribution in [2.45, 2.75) is 19.4 Å². The quantitative estimate of drug-likeness (QED) is 0.746. The maximum Gasteiger partial charge on any atom is 0.159 e. The standard InChI is InChI=1S/C21H16F2N2/c1-12-8-15(10-16-9-13(2)25-20(12)16)17-4-3-7-24-21(17)14-5-6-18(22)19(23)11-14/h3-8,10-11,20H,1,9H2,2H3. The second kappa shape index (κ2) is 5.88. The SMILES string of the molecule is C=C1C=C(c2cccnc2-c2ccc(F)c(F)c2)C=C2CC(C)=NC12. The largest absolute Gasteiger partial charge is 0.282 e. The highest BCUT2D eigenvalue weighted by molar-refractivity contribution is 5.93. The van der Waals surface area contributed by atoms with E-state index in [1.807, 2.05) is 25.1 Å². The van der Waals surface area contributed by atoms with Crippen LogP contribution in [0.5, 0.6) is 0 Å². The van der Waals surface area contributed by atoms with E-state index in [0.29, 0.717) is 11.3 Å². The second-order valence-electron chi connectivity index (χ2n) is 6.37. The molecule has 1 aliphatic heterocycles. The number of pyridine rings is 1. The van der Waals surface area contributed by atoms with E-state index in [4.69, 9.17) is 0 Å². The third-order valence-electron chi connectivity index (χ3n) is 4.51. The van der Waals surface area contributed by atoms with E-state index in [-0.39, 0.29) is 6.04 Å². The maximum absolute atomic E-state index is 13.7. The van der Waals surface area contributed by atoms with Gasteiger partial charge >= 0.3 is 0 Å². The Morgan fingerprint density at radius 2 is 1.96 bits per heavy atom. The van der Waals surface area contributed by atoms with Gasteiger partial charge in [-0.1, -0.05) is 18.7 Å². The molecule has 2 nitrogen and oxygen atoms in total. The molecule has 0 spiro atoms. The van der Waals surface area contributed by atoms with Crippen LogP contribution in [-0.4, -0.2) is 16.7 Å². The molecule has 1 aliphatic carbocycles. The topological polar surface area (TPSA) is 25.2 Å². The number of fused-ring (bicyclic) bond motifs is 1. The fourth-order valence-electron chi connectivity index (χ4n) is 3.38. The lowest BCUT2D eigenvalue weighted by Gasteiger charge is -2.19. The Bertz CT molecular complexity index is 983. The molecule has 2 heterocycles. The first kappa shape index (κ1) is 15.6. The Morgan fingerprint density at radius 1 is 1.12 bits per heavy atom. The van der Waals surface area contributed by atoms with E-state index in [9.17, 15) is 8.78 Å². The first-order valence-electron chi connectivity index (χ1n) is 8.08. The minimum Gasteiger partial charge on any atom is -0.282 e. The number of hydrogen-bond acceptors (Lipinski definition) is 2. The van der Waals surface area contributed by atoms with Gasteiger partial charge in [0.05, 0.1) is 11.7 Å². The predicted octanol–water partition coefficient (Wildman–Crippen LogP) is 5.14. The van der Waals surface area contributed by atoms with Gasteiger partial charge in [-0.15, -0.1) is 0 Å². The molecule has 25 heavy (non-hydrogen) atoms. The smallest absolute Gasteiger partial charge is 0.159 e. The summed E-state index contributed by atoms with van der Waals surface area (Å²) in [6.45, 7) is 6.16. The zero-order valence-corrected chi connectivity index (χ0v) is 13.8. The van der Waals surface area contributed by atoms with Crippen molar-refractivity contribution >= 4 is 11.3 Å². The number of hydrogen-bond donors (Lipinski definition) is 0. The third kappa shape index (κ3) is 2.74. The van der Waals surface area contributed by atoms with E-state index in [1.165, 1.54) is 11.6 Å². The van der Waals surface area contributed by atoms with Crippen LogP contribution in [0.15, 0.2) is 71.4 Å². The first-order chi connectivity index (χ1) is 12.0. The minimum atomic E-state index is -0.880. The van der Waals surface area contributed by atoms with Crippen molar-refractivity contribution < 1.29 is 8.78 Å². The molecule has 0 saturated heterocycles. The molecule has 1 aromatic heterocycles. The molecule has 2 aromatic rings. The van der Waals surface area contributed by atoms with E-state index in [2.05, 4.69) is 22.6 Å². The van der Waals surface area contributed by atoms with Crippen LogP contribution < -0.4 is 0 Å². The lowest BCUT2D eigenvalue weighted by Crippen LogP contribution is -2.10. The summed E-state index contributed by atoms with van der Waals surface area (Å²) >= 11 is 0. The number of rotatable bonds is 2. The van der Waals surface area contributed by atoms with Gasteiger partial charge in [0.1, 0.15) is 0 Å². The molecular formula is C21H16F2N2. The molecule has 0 N–H and O–H groups in total. The van der Waals surface area contributed by atoms with Crippen molar-refractivity contribution in [3.05, 3.63) is 83.6 Å². The van der Waals surface area contributed by atoms with E-state index < -0.39 is 11.6 Å². The Labute approximate surface area is 145 Å². The highest BCUT2D eigenvalue weighted by atomic mass is 19.2. The monoisotopic (exact) mass is 334 g/mol.